The van der Waals surface area contributed by atoms with E-state index in [1.165, 1.54) is 0 Å². The van der Waals surface area contributed by atoms with Gasteiger partial charge in [0.1, 0.15) is 5.69 Å². The molecule has 0 atom stereocenters. The highest BCUT2D eigenvalue weighted by atomic mass is 35.5. The van der Waals surface area contributed by atoms with Crippen LogP contribution in [0, 0.1) is 0 Å². The Labute approximate surface area is 227 Å². The third-order valence-corrected chi connectivity index (χ3v) is 6.47. The van der Waals surface area contributed by atoms with Gasteiger partial charge in [0.15, 0.2) is 5.82 Å². The maximum absolute atomic E-state index is 13.2. The van der Waals surface area contributed by atoms with Crippen molar-refractivity contribution in [2.75, 3.05) is 10.6 Å². The van der Waals surface area contributed by atoms with Gasteiger partial charge in [-0.25, -0.2) is 5.10 Å². The standard InChI is InChI=1S/C29H20ClN7O2/c30-21-13-14-23(22(16-21)27-34-36-37-35-27)32-29(39)25-15-20-7-4-8-24(26(20)31-25)33-28(38)19-11-9-18(10-12-19)17-5-2-1-3-6-17/h1-16,31H,(H,32,39)(H,33,38)(H,34,35,36,37). The average Bonchev–Trinajstić information content (AvgIpc) is 3.66. The van der Waals surface area contributed by atoms with Gasteiger partial charge in [0.2, 0.25) is 0 Å². The van der Waals surface area contributed by atoms with Crippen LogP contribution < -0.4 is 10.6 Å². The Balaban J connectivity index is 1.23. The van der Waals surface area contributed by atoms with Crippen molar-refractivity contribution in [1.29, 1.82) is 0 Å². The molecule has 0 saturated heterocycles. The third-order valence-electron chi connectivity index (χ3n) is 6.23. The Bertz CT molecular complexity index is 1800. The summed E-state index contributed by atoms with van der Waals surface area (Å²) in [7, 11) is 0. The summed E-state index contributed by atoms with van der Waals surface area (Å²) in [5, 5.41) is 20.8. The second-order valence-electron chi connectivity index (χ2n) is 8.74. The summed E-state index contributed by atoms with van der Waals surface area (Å²) in [4.78, 5) is 29.3. The first-order chi connectivity index (χ1) is 19.0. The number of fused-ring (bicyclic) bond motifs is 1. The van der Waals surface area contributed by atoms with Crippen molar-refractivity contribution in [3.8, 4) is 22.5 Å². The zero-order valence-corrected chi connectivity index (χ0v) is 21.0. The summed E-state index contributed by atoms with van der Waals surface area (Å²) in [5.41, 5.74) is 5.16. The molecule has 0 fully saturated rings. The lowest BCUT2D eigenvalue weighted by Crippen LogP contribution is -2.13. The van der Waals surface area contributed by atoms with Crippen LogP contribution in [-0.2, 0) is 0 Å². The number of tetrazole rings is 1. The van der Waals surface area contributed by atoms with Crippen LogP contribution >= 0.6 is 11.6 Å². The summed E-state index contributed by atoms with van der Waals surface area (Å²) in [6.07, 6.45) is 0. The molecule has 6 rings (SSSR count). The van der Waals surface area contributed by atoms with Gasteiger partial charge in [-0.3, -0.25) is 9.59 Å². The average molecular weight is 534 g/mol. The van der Waals surface area contributed by atoms with E-state index in [-0.39, 0.29) is 11.8 Å². The molecule has 0 aliphatic carbocycles. The number of anilines is 2. The van der Waals surface area contributed by atoms with Crippen LogP contribution in [0.3, 0.4) is 0 Å². The number of hydrogen-bond donors (Lipinski definition) is 4. The van der Waals surface area contributed by atoms with Crippen LogP contribution in [0.5, 0.6) is 0 Å². The van der Waals surface area contributed by atoms with Crippen molar-refractivity contribution in [1.82, 2.24) is 25.6 Å². The number of carbonyl (C=O) groups excluding carboxylic acids is 2. The molecule has 0 bridgehead atoms. The zero-order chi connectivity index (χ0) is 26.8. The Morgan fingerprint density at radius 1 is 0.744 bits per heavy atom. The SMILES string of the molecule is O=C(Nc1cccc2cc(C(=O)Nc3ccc(Cl)cc3-c3nnn[nH]3)[nH]c12)c1ccc(-c2ccccc2)cc1. The fourth-order valence-corrected chi connectivity index (χ4v) is 4.48. The van der Waals surface area contributed by atoms with Gasteiger partial charge in [0, 0.05) is 21.5 Å². The number of amides is 2. The number of nitrogens with zero attached hydrogens (tertiary/aromatic N) is 3. The Morgan fingerprint density at radius 2 is 1.51 bits per heavy atom. The van der Waals surface area contributed by atoms with Crippen LogP contribution in [0.2, 0.25) is 5.02 Å². The lowest BCUT2D eigenvalue weighted by Gasteiger charge is -2.09. The fraction of sp³-hybridized carbons (Fsp3) is 0. The smallest absolute Gasteiger partial charge is 0.272 e. The van der Waals surface area contributed by atoms with E-state index < -0.39 is 0 Å². The number of H-pyrrole nitrogens is 2. The highest BCUT2D eigenvalue weighted by molar-refractivity contribution is 6.31. The van der Waals surface area contributed by atoms with Crippen molar-refractivity contribution in [3.05, 3.63) is 113 Å². The minimum atomic E-state index is -0.379. The number of hydrogen-bond acceptors (Lipinski definition) is 5. The van der Waals surface area contributed by atoms with E-state index in [4.69, 9.17) is 11.6 Å². The van der Waals surface area contributed by atoms with Gasteiger partial charge >= 0.3 is 0 Å². The van der Waals surface area contributed by atoms with Crippen LogP contribution in [0.4, 0.5) is 11.4 Å². The second kappa shape index (κ2) is 10.2. The molecule has 0 aliphatic heterocycles. The van der Waals surface area contributed by atoms with E-state index in [0.29, 0.717) is 44.6 Å². The number of carbonyl (C=O) groups is 2. The number of aromatic nitrogens is 5. The lowest BCUT2D eigenvalue weighted by molar-refractivity contribution is 0.101. The molecule has 0 saturated carbocycles. The summed E-state index contributed by atoms with van der Waals surface area (Å²) < 4.78 is 0. The first-order valence-electron chi connectivity index (χ1n) is 12.0. The number of rotatable bonds is 6. The number of nitrogens with one attached hydrogen (secondary N) is 4. The lowest BCUT2D eigenvalue weighted by atomic mass is 10.0. The van der Waals surface area contributed by atoms with Crippen LogP contribution in [-0.4, -0.2) is 37.4 Å². The zero-order valence-electron chi connectivity index (χ0n) is 20.3. The van der Waals surface area contributed by atoms with Crippen molar-refractivity contribution >= 4 is 45.7 Å². The molecule has 2 aromatic heterocycles. The molecular formula is C29H20ClN7O2. The van der Waals surface area contributed by atoms with Crippen molar-refractivity contribution < 1.29 is 9.59 Å². The number of benzene rings is 4. The molecule has 9 nitrogen and oxygen atoms in total. The third kappa shape index (κ3) is 4.98. The van der Waals surface area contributed by atoms with Gasteiger partial charge in [0.05, 0.1) is 16.9 Å². The Hall–Kier alpha value is -5.28. The second-order valence-corrected chi connectivity index (χ2v) is 9.18. The fourth-order valence-electron chi connectivity index (χ4n) is 4.31. The number of aromatic amines is 2. The molecule has 4 aromatic carbocycles. The molecule has 0 unspecified atom stereocenters. The van der Waals surface area contributed by atoms with E-state index in [2.05, 4.69) is 36.2 Å². The highest BCUT2D eigenvalue weighted by Crippen LogP contribution is 2.30. The highest BCUT2D eigenvalue weighted by Gasteiger charge is 2.17. The molecular weight excluding hydrogens is 514 g/mol. The van der Waals surface area contributed by atoms with E-state index in [9.17, 15) is 9.59 Å². The minimum Gasteiger partial charge on any atom is -0.349 e. The van der Waals surface area contributed by atoms with E-state index in [0.717, 1.165) is 16.5 Å². The van der Waals surface area contributed by atoms with E-state index in [1.54, 1.807) is 42.5 Å². The normalized spacial score (nSPS) is 10.9. The van der Waals surface area contributed by atoms with Crippen molar-refractivity contribution in [3.63, 3.8) is 0 Å². The Kier molecular flexibility index (Phi) is 6.32. The first kappa shape index (κ1) is 24.1. The largest absolute Gasteiger partial charge is 0.349 e. The topological polar surface area (TPSA) is 128 Å². The van der Waals surface area contributed by atoms with Gasteiger partial charge in [-0.2, -0.15) is 0 Å². The minimum absolute atomic E-state index is 0.255. The molecule has 0 spiro atoms. The van der Waals surface area contributed by atoms with E-state index >= 15 is 0 Å². The summed E-state index contributed by atoms with van der Waals surface area (Å²) in [6, 6.07) is 29.6. The van der Waals surface area contributed by atoms with E-state index in [1.807, 2.05) is 54.6 Å². The maximum Gasteiger partial charge on any atom is 0.272 e. The Morgan fingerprint density at radius 3 is 2.28 bits per heavy atom. The summed E-state index contributed by atoms with van der Waals surface area (Å²) in [6.45, 7) is 0. The summed E-state index contributed by atoms with van der Waals surface area (Å²) in [5.74, 6) is -0.267. The molecule has 2 heterocycles. The van der Waals surface area contributed by atoms with Gasteiger partial charge < -0.3 is 15.6 Å². The number of para-hydroxylation sites is 1. The molecule has 0 aliphatic rings. The van der Waals surface area contributed by atoms with Gasteiger partial charge in [0.25, 0.3) is 11.8 Å². The van der Waals surface area contributed by atoms with Gasteiger partial charge in [-0.1, -0.05) is 66.2 Å². The first-order valence-corrected chi connectivity index (χ1v) is 12.4. The molecule has 190 valence electrons. The predicted molar refractivity (Wildman–Crippen MR) is 151 cm³/mol. The quantitative estimate of drug-likeness (QED) is 0.203. The predicted octanol–water partition coefficient (Wildman–Crippen LogP) is 6.17. The molecule has 39 heavy (non-hydrogen) atoms. The van der Waals surface area contributed by atoms with Crippen LogP contribution in [0.25, 0.3) is 33.4 Å². The van der Waals surface area contributed by atoms with Crippen LogP contribution in [0.1, 0.15) is 20.8 Å². The van der Waals surface area contributed by atoms with Gasteiger partial charge in [-0.15, -0.1) is 5.10 Å². The molecule has 4 N–H and O–H groups in total. The number of halogens is 1. The van der Waals surface area contributed by atoms with Gasteiger partial charge in [-0.05, 0) is 64.0 Å². The maximum atomic E-state index is 13.2. The summed E-state index contributed by atoms with van der Waals surface area (Å²) >= 11 is 6.14. The molecule has 10 heteroatoms. The van der Waals surface area contributed by atoms with Crippen LogP contribution in [0.15, 0.2) is 97.1 Å². The molecule has 0 radical (unpaired) electrons. The van der Waals surface area contributed by atoms with Crippen molar-refractivity contribution in [2.45, 2.75) is 0 Å². The molecule has 6 aromatic rings. The monoisotopic (exact) mass is 533 g/mol. The molecule has 2 amide bonds. The van der Waals surface area contributed by atoms with Crippen molar-refractivity contribution in [2.24, 2.45) is 0 Å².